The molecule has 0 amide bonds. The molecule has 88 valence electrons. The van der Waals surface area contributed by atoms with Gasteiger partial charge >= 0.3 is 0 Å². The maximum atomic E-state index is 3.61. The van der Waals surface area contributed by atoms with E-state index in [0.29, 0.717) is 6.04 Å². The Morgan fingerprint density at radius 3 is 2.80 bits per heavy atom. The summed E-state index contributed by atoms with van der Waals surface area (Å²) in [6, 6.07) is 1.64. The third-order valence-electron chi connectivity index (χ3n) is 4.09. The van der Waals surface area contributed by atoms with Gasteiger partial charge in [-0.25, -0.2) is 0 Å². The van der Waals surface area contributed by atoms with Crippen molar-refractivity contribution in [3.8, 4) is 0 Å². The highest BCUT2D eigenvalue weighted by molar-refractivity contribution is 4.95. The molecule has 2 heteroatoms. The second kappa shape index (κ2) is 4.84. The maximum Gasteiger partial charge on any atom is 0.0127 e. The van der Waals surface area contributed by atoms with Crippen molar-refractivity contribution in [3.63, 3.8) is 0 Å². The Balaban J connectivity index is 1.86. The molecule has 0 radical (unpaired) electrons. The van der Waals surface area contributed by atoms with E-state index in [9.17, 15) is 0 Å². The molecule has 4 unspecified atom stereocenters. The number of hydrogen-bond donors (Lipinski definition) is 1. The Hall–Kier alpha value is -0.0800. The van der Waals surface area contributed by atoms with Crippen LogP contribution in [0.4, 0.5) is 0 Å². The van der Waals surface area contributed by atoms with Crippen LogP contribution in [0.5, 0.6) is 0 Å². The molecule has 0 aromatic rings. The number of hydrogen-bond acceptors (Lipinski definition) is 2. The standard InChI is InChI=1S/C13H26N2/c1-4-12-7-13(12)15-6-5-11(3)14-8-10(2)9-15/h10-14H,4-9H2,1-3H3. The van der Waals surface area contributed by atoms with Crippen molar-refractivity contribution < 1.29 is 0 Å². The van der Waals surface area contributed by atoms with E-state index in [2.05, 4.69) is 31.0 Å². The average Bonchev–Trinajstić information content (AvgIpc) is 2.98. The number of nitrogens with zero attached hydrogens (tertiary/aromatic N) is 1. The van der Waals surface area contributed by atoms with Crippen molar-refractivity contribution in [1.82, 2.24) is 10.2 Å². The molecule has 0 spiro atoms. The van der Waals surface area contributed by atoms with Gasteiger partial charge in [0.15, 0.2) is 0 Å². The van der Waals surface area contributed by atoms with Gasteiger partial charge in [0, 0.05) is 18.6 Å². The lowest BCUT2D eigenvalue weighted by atomic mass is 10.1. The Morgan fingerprint density at radius 2 is 2.13 bits per heavy atom. The molecule has 1 aliphatic carbocycles. The topological polar surface area (TPSA) is 15.3 Å². The van der Waals surface area contributed by atoms with Crippen molar-refractivity contribution in [2.75, 3.05) is 19.6 Å². The van der Waals surface area contributed by atoms with Gasteiger partial charge in [-0.1, -0.05) is 20.3 Å². The lowest BCUT2D eigenvalue weighted by Gasteiger charge is -2.31. The van der Waals surface area contributed by atoms with Crippen LogP contribution in [0.25, 0.3) is 0 Å². The lowest BCUT2D eigenvalue weighted by Crippen LogP contribution is -2.43. The fraction of sp³-hybridized carbons (Fsp3) is 1.00. The molecule has 0 aromatic carbocycles. The van der Waals surface area contributed by atoms with Gasteiger partial charge in [-0.05, 0) is 44.7 Å². The highest BCUT2D eigenvalue weighted by atomic mass is 15.2. The van der Waals surface area contributed by atoms with Crippen LogP contribution >= 0.6 is 0 Å². The molecule has 1 N–H and O–H groups in total. The zero-order chi connectivity index (χ0) is 10.8. The molecule has 1 heterocycles. The molecule has 2 fully saturated rings. The molecule has 0 aromatic heterocycles. The second-order valence-corrected chi connectivity index (χ2v) is 5.67. The third kappa shape index (κ3) is 2.94. The number of nitrogens with one attached hydrogen (secondary N) is 1. The van der Waals surface area contributed by atoms with E-state index in [1.54, 1.807) is 0 Å². The summed E-state index contributed by atoms with van der Waals surface area (Å²) in [6.45, 7) is 10.8. The summed E-state index contributed by atoms with van der Waals surface area (Å²) < 4.78 is 0. The summed E-state index contributed by atoms with van der Waals surface area (Å²) in [5, 5.41) is 3.61. The first kappa shape index (κ1) is 11.4. The van der Waals surface area contributed by atoms with E-state index in [-0.39, 0.29) is 0 Å². The largest absolute Gasteiger partial charge is 0.314 e. The van der Waals surface area contributed by atoms with Gasteiger partial charge in [-0.3, -0.25) is 4.90 Å². The zero-order valence-corrected chi connectivity index (χ0v) is 10.5. The summed E-state index contributed by atoms with van der Waals surface area (Å²) in [7, 11) is 0. The van der Waals surface area contributed by atoms with Gasteiger partial charge in [0.05, 0.1) is 0 Å². The minimum atomic E-state index is 0.703. The van der Waals surface area contributed by atoms with E-state index in [1.807, 2.05) is 0 Å². The summed E-state index contributed by atoms with van der Waals surface area (Å²) in [5.74, 6) is 1.82. The molecule has 2 aliphatic rings. The van der Waals surface area contributed by atoms with Gasteiger partial charge in [-0.2, -0.15) is 0 Å². The zero-order valence-electron chi connectivity index (χ0n) is 10.5. The maximum absolute atomic E-state index is 3.61. The van der Waals surface area contributed by atoms with Crippen LogP contribution in [-0.4, -0.2) is 36.6 Å². The van der Waals surface area contributed by atoms with Crippen LogP contribution in [0.3, 0.4) is 0 Å². The molecule has 15 heavy (non-hydrogen) atoms. The van der Waals surface area contributed by atoms with Crippen molar-refractivity contribution in [2.45, 2.75) is 52.1 Å². The normalized spacial score (nSPS) is 43.4. The third-order valence-corrected chi connectivity index (χ3v) is 4.09. The molecule has 1 saturated heterocycles. The van der Waals surface area contributed by atoms with E-state index in [0.717, 1.165) is 17.9 Å². The predicted octanol–water partition coefficient (Wildman–Crippen LogP) is 2.10. The van der Waals surface area contributed by atoms with Crippen LogP contribution in [-0.2, 0) is 0 Å². The summed E-state index contributed by atoms with van der Waals surface area (Å²) in [4.78, 5) is 2.76. The molecule has 2 rings (SSSR count). The van der Waals surface area contributed by atoms with Crippen LogP contribution < -0.4 is 5.32 Å². The monoisotopic (exact) mass is 210 g/mol. The molecular formula is C13H26N2. The highest BCUT2D eigenvalue weighted by Crippen LogP contribution is 2.38. The van der Waals surface area contributed by atoms with Gasteiger partial charge < -0.3 is 5.32 Å². The molecule has 0 bridgehead atoms. The average molecular weight is 210 g/mol. The summed E-state index contributed by atoms with van der Waals surface area (Å²) in [6.07, 6.45) is 4.16. The van der Waals surface area contributed by atoms with Crippen molar-refractivity contribution in [2.24, 2.45) is 11.8 Å². The first-order valence-corrected chi connectivity index (χ1v) is 6.68. The molecule has 2 nitrogen and oxygen atoms in total. The van der Waals surface area contributed by atoms with E-state index >= 15 is 0 Å². The molecule has 4 atom stereocenters. The Bertz CT molecular complexity index is 205. The van der Waals surface area contributed by atoms with Gasteiger partial charge in [0.1, 0.15) is 0 Å². The van der Waals surface area contributed by atoms with Crippen molar-refractivity contribution in [1.29, 1.82) is 0 Å². The Morgan fingerprint density at radius 1 is 1.33 bits per heavy atom. The fourth-order valence-corrected chi connectivity index (χ4v) is 2.84. The minimum Gasteiger partial charge on any atom is -0.314 e. The SMILES string of the molecule is CCC1CC1N1CCC(C)NCC(C)C1. The van der Waals surface area contributed by atoms with Crippen molar-refractivity contribution in [3.05, 3.63) is 0 Å². The van der Waals surface area contributed by atoms with Crippen LogP contribution in [0, 0.1) is 11.8 Å². The van der Waals surface area contributed by atoms with Gasteiger partial charge in [0.25, 0.3) is 0 Å². The fourth-order valence-electron chi connectivity index (χ4n) is 2.84. The van der Waals surface area contributed by atoms with E-state index < -0.39 is 0 Å². The first-order valence-electron chi connectivity index (χ1n) is 6.68. The lowest BCUT2D eigenvalue weighted by molar-refractivity contribution is 0.186. The van der Waals surface area contributed by atoms with Crippen LogP contribution in [0.2, 0.25) is 0 Å². The van der Waals surface area contributed by atoms with Gasteiger partial charge in [-0.15, -0.1) is 0 Å². The quantitative estimate of drug-likeness (QED) is 0.751. The second-order valence-electron chi connectivity index (χ2n) is 5.67. The minimum absolute atomic E-state index is 0.703. The summed E-state index contributed by atoms with van der Waals surface area (Å²) >= 11 is 0. The molecule has 1 aliphatic heterocycles. The first-order chi connectivity index (χ1) is 7.20. The highest BCUT2D eigenvalue weighted by Gasteiger charge is 2.40. The van der Waals surface area contributed by atoms with E-state index in [4.69, 9.17) is 0 Å². The summed E-state index contributed by atoms with van der Waals surface area (Å²) in [5.41, 5.74) is 0. The number of rotatable bonds is 2. The van der Waals surface area contributed by atoms with Crippen molar-refractivity contribution >= 4 is 0 Å². The smallest absolute Gasteiger partial charge is 0.0127 e. The van der Waals surface area contributed by atoms with Crippen LogP contribution in [0.15, 0.2) is 0 Å². The van der Waals surface area contributed by atoms with Gasteiger partial charge in [0.2, 0.25) is 0 Å². The Labute approximate surface area is 94.4 Å². The van der Waals surface area contributed by atoms with E-state index in [1.165, 1.54) is 38.9 Å². The van der Waals surface area contributed by atoms with Crippen LogP contribution in [0.1, 0.15) is 40.0 Å². The molecular weight excluding hydrogens is 184 g/mol. The predicted molar refractivity (Wildman–Crippen MR) is 65.0 cm³/mol. The Kier molecular flexibility index (Phi) is 3.68. The molecule has 1 saturated carbocycles.